The minimum Gasteiger partial charge on any atom is -0.388 e. The molecule has 1 rings (SSSR count). The van der Waals surface area contributed by atoms with E-state index in [1.165, 1.54) is 0 Å². The van der Waals surface area contributed by atoms with Crippen LogP contribution in [0.2, 0.25) is 0 Å². The van der Waals surface area contributed by atoms with Crippen molar-refractivity contribution in [2.45, 2.75) is 20.3 Å². The maximum atomic E-state index is 11.6. The third-order valence-electron chi connectivity index (χ3n) is 2.30. The van der Waals surface area contributed by atoms with E-state index in [2.05, 4.69) is 5.32 Å². The van der Waals surface area contributed by atoms with E-state index >= 15 is 0 Å². The molecule has 76 valence electrons. The Kier molecular flexibility index (Phi) is 3.69. The van der Waals surface area contributed by atoms with Gasteiger partial charge in [-0.25, -0.2) is 0 Å². The number of ketones is 1. The maximum absolute atomic E-state index is 11.6. The fourth-order valence-corrected chi connectivity index (χ4v) is 1.31. The highest BCUT2D eigenvalue weighted by Gasteiger charge is 2.09. The van der Waals surface area contributed by atoms with Crippen LogP contribution >= 0.6 is 0 Å². The zero-order chi connectivity index (χ0) is 10.6. The molecule has 0 aliphatic carbocycles. The predicted octanol–water partition coefficient (Wildman–Crippen LogP) is 2.50. The highest BCUT2D eigenvalue weighted by Crippen LogP contribution is 2.16. The number of hydrogen-bond acceptors (Lipinski definition) is 2. The fraction of sp³-hybridized carbons (Fsp3) is 0.417. The van der Waals surface area contributed by atoms with Crippen molar-refractivity contribution in [3.05, 3.63) is 29.8 Å². The van der Waals surface area contributed by atoms with E-state index in [1.807, 2.05) is 45.2 Å². The summed E-state index contributed by atoms with van der Waals surface area (Å²) in [6.07, 6.45) is 0.522. The number of nitrogens with one attached hydrogen (secondary N) is 1. The van der Waals surface area contributed by atoms with Crippen LogP contribution in [0.15, 0.2) is 24.3 Å². The molecule has 0 unspecified atom stereocenters. The van der Waals surface area contributed by atoms with Gasteiger partial charge in [-0.15, -0.1) is 0 Å². The third-order valence-corrected chi connectivity index (χ3v) is 2.30. The molecular weight excluding hydrogens is 174 g/mol. The number of anilines is 1. The van der Waals surface area contributed by atoms with Gasteiger partial charge in [0, 0.05) is 25.1 Å². The lowest BCUT2D eigenvalue weighted by Gasteiger charge is -2.09. The summed E-state index contributed by atoms with van der Waals surface area (Å²) < 4.78 is 0. The van der Waals surface area contributed by atoms with E-state index in [9.17, 15) is 4.79 Å². The first-order chi connectivity index (χ1) is 6.65. The summed E-state index contributed by atoms with van der Waals surface area (Å²) in [5, 5.41) is 3.09. The molecule has 0 aromatic heterocycles. The Labute approximate surface area is 85.3 Å². The van der Waals surface area contributed by atoms with Gasteiger partial charge in [-0.3, -0.25) is 4.79 Å². The van der Waals surface area contributed by atoms with Gasteiger partial charge in [0.1, 0.15) is 5.78 Å². The standard InChI is InChI=1S/C12H17NO/c1-9(2)12(14)8-10-6-4-5-7-11(10)13-3/h4-7,9,13H,8H2,1-3H3. The van der Waals surface area contributed by atoms with Crippen molar-refractivity contribution in [2.75, 3.05) is 12.4 Å². The average Bonchev–Trinajstić information content (AvgIpc) is 2.18. The molecule has 0 heterocycles. The van der Waals surface area contributed by atoms with Crippen LogP contribution in [-0.4, -0.2) is 12.8 Å². The van der Waals surface area contributed by atoms with Gasteiger partial charge in [-0.2, -0.15) is 0 Å². The number of carbonyl (C=O) groups is 1. The number of para-hydroxylation sites is 1. The molecule has 0 bridgehead atoms. The highest BCUT2D eigenvalue weighted by atomic mass is 16.1. The summed E-state index contributed by atoms with van der Waals surface area (Å²) in [5.41, 5.74) is 2.12. The minimum atomic E-state index is 0.111. The zero-order valence-electron chi connectivity index (χ0n) is 9.00. The molecule has 1 N–H and O–H groups in total. The van der Waals surface area contributed by atoms with Gasteiger partial charge in [0.25, 0.3) is 0 Å². The van der Waals surface area contributed by atoms with Crippen molar-refractivity contribution < 1.29 is 4.79 Å². The lowest BCUT2D eigenvalue weighted by atomic mass is 10.00. The van der Waals surface area contributed by atoms with Gasteiger partial charge < -0.3 is 5.32 Å². The van der Waals surface area contributed by atoms with Crippen LogP contribution in [0, 0.1) is 5.92 Å². The first kappa shape index (κ1) is 10.8. The Hall–Kier alpha value is -1.31. The van der Waals surface area contributed by atoms with Crippen LogP contribution in [-0.2, 0) is 11.2 Å². The van der Waals surface area contributed by atoms with E-state index < -0.39 is 0 Å². The van der Waals surface area contributed by atoms with Crippen LogP contribution in [0.25, 0.3) is 0 Å². The Morgan fingerprint density at radius 1 is 1.36 bits per heavy atom. The summed E-state index contributed by atoms with van der Waals surface area (Å²) in [5.74, 6) is 0.396. The number of rotatable bonds is 4. The molecule has 0 atom stereocenters. The van der Waals surface area contributed by atoms with Gasteiger partial charge in [0.15, 0.2) is 0 Å². The van der Waals surface area contributed by atoms with Crippen molar-refractivity contribution in [1.29, 1.82) is 0 Å². The van der Waals surface area contributed by atoms with Gasteiger partial charge in [-0.1, -0.05) is 32.0 Å². The smallest absolute Gasteiger partial charge is 0.139 e. The monoisotopic (exact) mass is 191 g/mol. The SMILES string of the molecule is CNc1ccccc1CC(=O)C(C)C. The van der Waals surface area contributed by atoms with Gasteiger partial charge in [0.05, 0.1) is 0 Å². The highest BCUT2D eigenvalue weighted by molar-refractivity contribution is 5.84. The first-order valence-corrected chi connectivity index (χ1v) is 4.93. The molecule has 0 spiro atoms. The molecular formula is C12H17NO. The van der Waals surface area contributed by atoms with Crippen LogP contribution < -0.4 is 5.32 Å². The summed E-state index contributed by atoms with van der Waals surface area (Å²) in [6, 6.07) is 7.91. The summed E-state index contributed by atoms with van der Waals surface area (Å²) >= 11 is 0. The number of carbonyl (C=O) groups excluding carboxylic acids is 1. The summed E-state index contributed by atoms with van der Waals surface area (Å²) in [6.45, 7) is 3.87. The molecule has 0 radical (unpaired) electrons. The Bertz CT molecular complexity index is 318. The molecule has 0 aliphatic heterocycles. The van der Waals surface area contributed by atoms with Crippen molar-refractivity contribution >= 4 is 11.5 Å². The van der Waals surface area contributed by atoms with Crippen LogP contribution in [0.4, 0.5) is 5.69 Å². The van der Waals surface area contributed by atoms with Crippen molar-refractivity contribution in [3.8, 4) is 0 Å². The first-order valence-electron chi connectivity index (χ1n) is 4.93. The topological polar surface area (TPSA) is 29.1 Å². The second-order valence-corrected chi connectivity index (χ2v) is 3.70. The molecule has 0 saturated heterocycles. The molecule has 1 aromatic carbocycles. The lowest BCUT2D eigenvalue weighted by molar-refractivity contribution is -0.121. The van der Waals surface area contributed by atoms with Crippen LogP contribution in [0.3, 0.4) is 0 Å². The fourth-order valence-electron chi connectivity index (χ4n) is 1.31. The van der Waals surface area contributed by atoms with Crippen LogP contribution in [0.5, 0.6) is 0 Å². The molecule has 0 aliphatic rings. The van der Waals surface area contributed by atoms with E-state index in [-0.39, 0.29) is 11.7 Å². The largest absolute Gasteiger partial charge is 0.388 e. The summed E-state index contributed by atoms with van der Waals surface area (Å²) in [7, 11) is 1.87. The molecule has 0 amide bonds. The van der Waals surface area contributed by atoms with Gasteiger partial charge >= 0.3 is 0 Å². The molecule has 0 saturated carbocycles. The normalized spacial score (nSPS) is 10.3. The van der Waals surface area contributed by atoms with E-state index in [4.69, 9.17) is 0 Å². The maximum Gasteiger partial charge on any atom is 0.139 e. The van der Waals surface area contributed by atoms with Gasteiger partial charge in [-0.05, 0) is 11.6 Å². The van der Waals surface area contributed by atoms with Crippen molar-refractivity contribution in [2.24, 2.45) is 5.92 Å². The Morgan fingerprint density at radius 3 is 2.57 bits per heavy atom. The average molecular weight is 191 g/mol. The number of hydrogen-bond donors (Lipinski definition) is 1. The molecule has 14 heavy (non-hydrogen) atoms. The minimum absolute atomic E-state index is 0.111. The number of benzene rings is 1. The molecule has 1 aromatic rings. The molecule has 0 fully saturated rings. The van der Waals surface area contributed by atoms with Crippen molar-refractivity contribution in [3.63, 3.8) is 0 Å². The van der Waals surface area contributed by atoms with Gasteiger partial charge in [0.2, 0.25) is 0 Å². The van der Waals surface area contributed by atoms with E-state index in [0.29, 0.717) is 6.42 Å². The third kappa shape index (κ3) is 2.59. The molecule has 2 nitrogen and oxygen atoms in total. The Morgan fingerprint density at radius 2 is 2.00 bits per heavy atom. The molecule has 2 heteroatoms. The zero-order valence-corrected chi connectivity index (χ0v) is 9.00. The predicted molar refractivity (Wildman–Crippen MR) is 59.5 cm³/mol. The van der Waals surface area contributed by atoms with E-state index in [1.54, 1.807) is 0 Å². The second kappa shape index (κ2) is 4.80. The quantitative estimate of drug-likeness (QED) is 0.792. The van der Waals surface area contributed by atoms with E-state index in [0.717, 1.165) is 11.3 Å². The lowest BCUT2D eigenvalue weighted by Crippen LogP contribution is -2.11. The number of Topliss-reactive ketones (excluding diaryl/α,β-unsaturated/α-hetero) is 1. The second-order valence-electron chi connectivity index (χ2n) is 3.70. The van der Waals surface area contributed by atoms with Crippen LogP contribution in [0.1, 0.15) is 19.4 Å². The summed E-state index contributed by atoms with van der Waals surface area (Å²) in [4.78, 5) is 11.6. The van der Waals surface area contributed by atoms with Crippen molar-refractivity contribution in [1.82, 2.24) is 0 Å². The Balaban J connectivity index is 2.80.